The van der Waals surface area contributed by atoms with Crippen LogP contribution < -0.4 is 10.1 Å². The minimum absolute atomic E-state index is 0.105. The van der Waals surface area contributed by atoms with Gasteiger partial charge in [-0.2, -0.15) is 5.10 Å². The molecule has 0 aliphatic heterocycles. The Morgan fingerprint density at radius 1 is 1.12 bits per heavy atom. The lowest BCUT2D eigenvalue weighted by atomic mass is 10.2. The summed E-state index contributed by atoms with van der Waals surface area (Å²) in [5, 5.41) is 7.83. The largest absolute Gasteiger partial charge is 0.484 e. The van der Waals surface area contributed by atoms with Gasteiger partial charge in [0, 0.05) is 22.3 Å². The van der Waals surface area contributed by atoms with Gasteiger partial charge in [-0.3, -0.25) is 9.48 Å². The molecule has 9 heteroatoms. The average Bonchev–Trinajstić information content (AvgIpc) is 3.37. The number of carbonyl (C=O) groups is 1. The van der Waals surface area contributed by atoms with Crippen molar-refractivity contribution in [3.8, 4) is 5.75 Å². The van der Waals surface area contributed by atoms with Gasteiger partial charge >= 0.3 is 0 Å². The Morgan fingerprint density at radius 2 is 1.88 bits per heavy atom. The number of amides is 1. The summed E-state index contributed by atoms with van der Waals surface area (Å²) in [6, 6.07) is 14.9. The quantitative estimate of drug-likeness (QED) is 0.326. The second kappa shape index (κ2) is 9.68. The van der Waals surface area contributed by atoms with Crippen LogP contribution >= 0.6 is 23.2 Å². The number of furan rings is 1. The highest BCUT2D eigenvalue weighted by molar-refractivity contribution is 6.32. The van der Waals surface area contributed by atoms with Crippen LogP contribution in [0.4, 0.5) is 10.2 Å². The van der Waals surface area contributed by atoms with Crippen LogP contribution in [0.15, 0.2) is 59.0 Å². The van der Waals surface area contributed by atoms with Crippen LogP contribution in [0.1, 0.15) is 33.1 Å². The molecule has 1 amide bonds. The Bertz CT molecular complexity index is 1280. The van der Waals surface area contributed by atoms with E-state index < -0.39 is 11.7 Å². The number of anilines is 1. The topological polar surface area (TPSA) is 69.3 Å². The van der Waals surface area contributed by atoms with Crippen LogP contribution in [0.5, 0.6) is 5.75 Å². The minimum Gasteiger partial charge on any atom is -0.484 e. The molecule has 2 heterocycles. The van der Waals surface area contributed by atoms with E-state index in [1.165, 1.54) is 6.07 Å². The molecule has 0 aliphatic carbocycles. The molecule has 0 fully saturated rings. The molecule has 0 bridgehead atoms. The zero-order valence-electron chi connectivity index (χ0n) is 17.9. The molecule has 2 aromatic heterocycles. The van der Waals surface area contributed by atoms with E-state index in [-0.39, 0.29) is 18.9 Å². The Morgan fingerprint density at radius 3 is 2.64 bits per heavy atom. The second-order valence-electron chi connectivity index (χ2n) is 7.42. The van der Waals surface area contributed by atoms with Gasteiger partial charge in [-0.1, -0.05) is 41.4 Å². The van der Waals surface area contributed by atoms with Crippen molar-refractivity contribution in [3.05, 3.63) is 98.8 Å². The summed E-state index contributed by atoms with van der Waals surface area (Å²) in [5.41, 5.74) is 1.95. The van der Waals surface area contributed by atoms with Crippen molar-refractivity contribution in [2.75, 3.05) is 5.32 Å². The van der Waals surface area contributed by atoms with Gasteiger partial charge < -0.3 is 14.5 Å². The molecule has 0 aliphatic rings. The predicted molar refractivity (Wildman–Crippen MR) is 125 cm³/mol. The van der Waals surface area contributed by atoms with Crippen molar-refractivity contribution in [2.45, 2.75) is 27.0 Å². The number of ether oxygens (including phenoxy) is 1. The first-order valence-corrected chi connectivity index (χ1v) is 10.8. The van der Waals surface area contributed by atoms with Crippen molar-refractivity contribution in [2.24, 2.45) is 0 Å². The van der Waals surface area contributed by atoms with Crippen LogP contribution in [0.25, 0.3) is 0 Å². The second-order valence-corrected chi connectivity index (χ2v) is 8.24. The van der Waals surface area contributed by atoms with E-state index in [0.29, 0.717) is 32.9 Å². The van der Waals surface area contributed by atoms with Gasteiger partial charge in [0.1, 0.15) is 23.9 Å². The first kappa shape index (κ1) is 22.9. The van der Waals surface area contributed by atoms with Crippen LogP contribution in [0.3, 0.4) is 0 Å². The number of hydrogen-bond donors (Lipinski definition) is 1. The Hall–Kier alpha value is -3.29. The third-order valence-electron chi connectivity index (χ3n) is 5.00. The molecule has 0 saturated heterocycles. The van der Waals surface area contributed by atoms with Crippen molar-refractivity contribution in [1.29, 1.82) is 0 Å². The lowest BCUT2D eigenvalue weighted by molar-refractivity contribution is 0.0992. The third-order valence-corrected chi connectivity index (χ3v) is 5.65. The lowest BCUT2D eigenvalue weighted by Gasteiger charge is -2.09. The van der Waals surface area contributed by atoms with Crippen LogP contribution in [0.2, 0.25) is 10.0 Å². The number of aryl methyl sites for hydroxylation is 2. The molecule has 2 aromatic carbocycles. The fourth-order valence-electron chi connectivity index (χ4n) is 3.26. The molecule has 4 rings (SSSR count). The number of halogens is 3. The van der Waals surface area contributed by atoms with Crippen molar-refractivity contribution >= 4 is 34.9 Å². The summed E-state index contributed by atoms with van der Waals surface area (Å²) in [4.78, 5) is 12.6. The summed E-state index contributed by atoms with van der Waals surface area (Å²) in [6.07, 6.45) is 0. The van der Waals surface area contributed by atoms with E-state index >= 15 is 0 Å². The summed E-state index contributed by atoms with van der Waals surface area (Å²) in [6.45, 7) is 3.95. The molecule has 0 unspecified atom stereocenters. The number of aromatic nitrogens is 2. The first-order valence-electron chi connectivity index (χ1n) is 10.1. The van der Waals surface area contributed by atoms with Crippen molar-refractivity contribution in [1.82, 2.24) is 9.78 Å². The SMILES string of the molecule is Cc1cccc(Cl)c1OCc1ccc(C(=O)Nc2cc(C)n(Cc3c(F)cccc3Cl)n2)o1. The van der Waals surface area contributed by atoms with Crippen molar-refractivity contribution < 1.29 is 18.3 Å². The molecule has 4 aromatic rings. The van der Waals surface area contributed by atoms with E-state index in [9.17, 15) is 9.18 Å². The minimum atomic E-state index is -0.469. The van der Waals surface area contributed by atoms with E-state index in [4.69, 9.17) is 32.4 Å². The van der Waals surface area contributed by atoms with E-state index in [1.807, 2.05) is 19.1 Å². The molecule has 0 radical (unpaired) electrons. The molecule has 0 atom stereocenters. The maximum Gasteiger partial charge on any atom is 0.292 e. The maximum atomic E-state index is 14.1. The van der Waals surface area contributed by atoms with Gasteiger partial charge in [0.2, 0.25) is 0 Å². The zero-order valence-corrected chi connectivity index (χ0v) is 19.4. The van der Waals surface area contributed by atoms with Crippen LogP contribution in [-0.2, 0) is 13.2 Å². The zero-order chi connectivity index (χ0) is 23.5. The predicted octanol–water partition coefficient (Wildman–Crippen LogP) is 6.42. The standard InChI is InChI=1S/C24H20Cl2FN3O3/c1-14-5-3-7-19(26)23(14)32-13-16-9-10-21(33-16)24(31)28-22-11-15(2)30(29-22)12-17-18(25)6-4-8-20(17)27/h3-11H,12-13H2,1-2H3,(H,28,29,31). The molecule has 1 N–H and O–H groups in total. The number of para-hydroxylation sites is 1. The molecule has 0 spiro atoms. The molecular weight excluding hydrogens is 468 g/mol. The number of nitrogens with one attached hydrogen (secondary N) is 1. The lowest BCUT2D eigenvalue weighted by Crippen LogP contribution is -2.12. The van der Waals surface area contributed by atoms with Gasteiger partial charge in [0.05, 0.1) is 11.6 Å². The monoisotopic (exact) mass is 487 g/mol. The molecule has 33 heavy (non-hydrogen) atoms. The van der Waals surface area contributed by atoms with E-state index in [0.717, 1.165) is 11.3 Å². The molecule has 0 saturated carbocycles. The molecule has 6 nitrogen and oxygen atoms in total. The van der Waals surface area contributed by atoms with Crippen LogP contribution in [-0.4, -0.2) is 15.7 Å². The third kappa shape index (κ3) is 5.21. The maximum absolute atomic E-state index is 14.1. The summed E-state index contributed by atoms with van der Waals surface area (Å²) in [5.74, 6) is 0.566. The Balaban J connectivity index is 1.41. The number of hydrogen-bond acceptors (Lipinski definition) is 4. The number of carbonyl (C=O) groups excluding carboxylic acids is 1. The van der Waals surface area contributed by atoms with E-state index in [2.05, 4.69) is 10.4 Å². The van der Waals surface area contributed by atoms with Crippen LogP contribution in [0, 0.1) is 19.7 Å². The van der Waals surface area contributed by atoms with Gasteiger partial charge in [0.25, 0.3) is 5.91 Å². The number of rotatable bonds is 7. The number of nitrogens with zero attached hydrogens (tertiary/aromatic N) is 2. The molecule has 170 valence electrons. The highest BCUT2D eigenvalue weighted by Crippen LogP contribution is 2.29. The average molecular weight is 488 g/mol. The smallest absolute Gasteiger partial charge is 0.292 e. The summed E-state index contributed by atoms with van der Waals surface area (Å²) in [7, 11) is 0. The number of benzene rings is 2. The van der Waals surface area contributed by atoms with Gasteiger partial charge in [-0.25, -0.2) is 4.39 Å². The highest BCUT2D eigenvalue weighted by Gasteiger charge is 2.16. The fourth-order valence-corrected chi connectivity index (χ4v) is 3.76. The Labute approximate surface area is 199 Å². The summed E-state index contributed by atoms with van der Waals surface area (Å²) < 4.78 is 27.0. The Kier molecular flexibility index (Phi) is 6.72. The first-order chi connectivity index (χ1) is 15.8. The fraction of sp³-hybridized carbons (Fsp3) is 0.167. The highest BCUT2D eigenvalue weighted by atomic mass is 35.5. The van der Waals surface area contributed by atoms with Gasteiger partial charge in [-0.05, 0) is 49.7 Å². The molecular formula is C24H20Cl2FN3O3. The van der Waals surface area contributed by atoms with Gasteiger partial charge in [0.15, 0.2) is 11.6 Å². The summed E-state index contributed by atoms with van der Waals surface area (Å²) >= 11 is 12.3. The van der Waals surface area contributed by atoms with Gasteiger partial charge in [-0.15, -0.1) is 0 Å². The van der Waals surface area contributed by atoms with E-state index in [1.54, 1.807) is 48.0 Å². The normalized spacial score (nSPS) is 10.9. The van der Waals surface area contributed by atoms with Crippen molar-refractivity contribution in [3.63, 3.8) is 0 Å².